The van der Waals surface area contributed by atoms with Gasteiger partial charge in [0, 0.05) is 46.8 Å². The second-order valence-electron chi connectivity index (χ2n) is 7.69. The van der Waals surface area contributed by atoms with E-state index in [0.29, 0.717) is 25.6 Å². The molecule has 0 aromatic heterocycles. The summed E-state index contributed by atoms with van der Waals surface area (Å²) in [4.78, 5) is 21.2. The number of guanidine groups is 1. The topological polar surface area (TPSA) is 60.4 Å². The number of aliphatic imine (C=N–C) groups is 1. The van der Waals surface area contributed by atoms with Gasteiger partial charge >= 0.3 is 6.18 Å². The summed E-state index contributed by atoms with van der Waals surface area (Å²) >= 11 is 0. The summed E-state index contributed by atoms with van der Waals surface area (Å²) in [6.45, 7) is 3.13. The van der Waals surface area contributed by atoms with Crippen LogP contribution in [0.1, 0.15) is 12.5 Å². The van der Waals surface area contributed by atoms with Crippen LogP contribution in [-0.4, -0.2) is 99.3 Å². The second kappa shape index (κ2) is 11.2. The summed E-state index contributed by atoms with van der Waals surface area (Å²) in [7, 11) is 4.93. The number of likely N-dealkylation sites (N-methyl/N-ethyl adjacent to an activating group) is 1. The lowest BCUT2D eigenvalue weighted by Gasteiger charge is -2.39. The van der Waals surface area contributed by atoms with Crippen molar-refractivity contribution in [2.45, 2.75) is 25.6 Å². The zero-order valence-corrected chi connectivity index (χ0v) is 18.6. The van der Waals surface area contributed by atoms with Crippen LogP contribution >= 0.6 is 0 Å². The van der Waals surface area contributed by atoms with Gasteiger partial charge in [-0.25, -0.2) is 4.99 Å². The molecule has 1 heterocycles. The van der Waals surface area contributed by atoms with Gasteiger partial charge in [-0.3, -0.25) is 9.69 Å². The van der Waals surface area contributed by atoms with E-state index in [9.17, 15) is 18.0 Å². The molecule has 1 aliphatic rings. The first-order valence-electron chi connectivity index (χ1n) is 10.3. The third-order valence-electron chi connectivity index (χ3n) is 5.35. The molecular formula is C21H32F3N5O2. The maximum atomic E-state index is 13.0. The van der Waals surface area contributed by atoms with Crippen LogP contribution in [0.15, 0.2) is 29.3 Å². The second-order valence-corrected chi connectivity index (χ2v) is 7.69. The van der Waals surface area contributed by atoms with Gasteiger partial charge in [-0.05, 0) is 31.0 Å². The number of ether oxygens (including phenoxy) is 1. The summed E-state index contributed by atoms with van der Waals surface area (Å²) in [5.74, 6) is 1.19. The smallest absolute Gasteiger partial charge is 0.403 e. The van der Waals surface area contributed by atoms with Crippen LogP contribution in [-0.2, 0) is 11.2 Å². The van der Waals surface area contributed by atoms with Crippen LogP contribution in [0.2, 0.25) is 0 Å². The number of hydrogen-bond acceptors (Lipinski definition) is 4. The standard InChI is InChI=1S/C21H32F3N5O2/c1-16(21(22,23)24)28-11-13-29(14-12-28)20(26-15-19(30)27(2)3)25-10-9-17-5-7-18(31-4)8-6-17/h5-8,16H,9-15H2,1-4H3,(H,25,26). The Hall–Kier alpha value is -2.49. The van der Waals surface area contributed by atoms with Crippen LogP contribution < -0.4 is 10.1 Å². The number of carbonyl (C=O) groups is 1. The Kier molecular flexibility index (Phi) is 8.97. The predicted molar refractivity (Wildman–Crippen MR) is 114 cm³/mol. The van der Waals surface area contributed by atoms with Gasteiger partial charge in [0.25, 0.3) is 0 Å². The highest BCUT2D eigenvalue weighted by molar-refractivity contribution is 5.85. The van der Waals surface area contributed by atoms with Crippen molar-refractivity contribution in [1.82, 2.24) is 20.0 Å². The van der Waals surface area contributed by atoms with E-state index in [1.165, 1.54) is 16.7 Å². The van der Waals surface area contributed by atoms with Crippen LogP contribution in [0.5, 0.6) is 5.75 Å². The fourth-order valence-electron chi connectivity index (χ4n) is 3.19. The Morgan fingerprint density at radius 3 is 2.32 bits per heavy atom. The molecule has 7 nitrogen and oxygen atoms in total. The van der Waals surface area contributed by atoms with E-state index in [1.54, 1.807) is 21.2 Å². The molecule has 0 radical (unpaired) electrons. The number of halogens is 3. The number of methoxy groups -OCH3 is 1. The quantitative estimate of drug-likeness (QED) is 0.515. The van der Waals surface area contributed by atoms with Gasteiger partial charge in [0.1, 0.15) is 18.3 Å². The molecule has 10 heteroatoms. The number of carbonyl (C=O) groups excluding carboxylic acids is 1. The summed E-state index contributed by atoms with van der Waals surface area (Å²) in [5.41, 5.74) is 1.11. The summed E-state index contributed by atoms with van der Waals surface area (Å²) in [6, 6.07) is 6.25. The normalized spacial score (nSPS) is 16.7. The number of hydrogen-bond donors (Lipinski definition) is 1. The van der Waals surface area contributed by atoms with Crippen LogP contribution in [0.25, 0.3) is 0 Å². The summed E-state index contributed by atoms with van der Waals surface area (Å²) in [6.07, 6.45) is -3.51. The van der Waals surface area contributed by atoms with Crippen molar-refractivity contribution in [3.63, 3.8) is 0 Å². The monoisotopic (exact) mass is 443 g/mol. The van der Waals surface area contributed by atoms with Crippen molar-refractivity contribution in [1.29, 1.82) is 0 Å². The predicted octanol–water partition coefficient (Wildman–Crippen LogP) is 1.84. The highest BCUT2D eigenvalue weighted by Gasteiger charge is 2.41. The molecule has 31 heavy (non-hydrogen) atoms. The number of nitrogens with zero attached hydrogens (tertiary/aromatic N) is 4. The largest absolute Gasteiger partial charge is 0.497 e. The number of nitrogens with one attached hydrogen (secondary N) is 1. The minimum atomic E-state index is -4.24. The molecule has 0 spiro atoms. The van der Waals surface area contributed by atoms with E-state index in [1.807, 2.05) is 29.2 Å². The molecule has 1 amide bonds. The van der Waals surface area contributed by atoms with Crippen LogP contribution in [0.4, 0.5) is 13.2 Å². The molecule has 0 saturated carbocycles. The van der Waals surface area contributed by atoms with E-state index >= 15 is 0 Å². The molecular weight excluding hydrogens is 411 g/mol. The molecule has 174 valence electrons. The van der Waals surface area contributed by atoms with Gasteiger partial charge in [-0.2, -0.15) is 13.2 Å². The van der Waals surface area contributed by atoms with E-state index in [2.05, 4.69) is 10.3 Å². The van der Waals surface area contributed by atoms with Gasteiger partial charge in [0.05, 0.1) is 7.11 Å². The number of piperazine rings is 1. The molecule has 1 saturated heterocycles. The lowest BCUT2D eigenvalue weighted by molar-refractivity contribution is -0.181. The third-order valence-corrected chi connectivity index (χ3v) is 5.35. The van der Waals surface area contributed by atoms with Gasteiger partial charge < -0.3 is 19.9 Å². The first-order chi connectivity index (χ1) is 14.6. The molecule has 1 fully saturated rings. The summed E-state index contributed by atoms with van der Waals surface area (Å²) < 4.78 is 44.2. The Morgan fingerprint density at radius 1 is 1.19 bits per heavy atom. The van der Waals surface area contributed by atoms with Gasteiger partial charge in [-0.15, -0.1) is 0 Å². The number of alkyl halides is 3. The Balaban J connectivity index is 1.98. The molecule has 1 atom stereocenters. The number of benzene rings is 1. The van der Waals surface area contributed by atoms with Crippen molar-refractivity contribution >= 4 is 11.9 Å². The SMILES string of the molecule is COc1ccc(CCNC(=NCC(=O)N(C)C)N2CCN(C(C)C(F)(F)F)CC2)cc1. The van der Waals surface area contributed by atoms with E-state index in [-0.39, 0.29) is 25.5 Å². The highest BCUT2D eigenvalue weighted by atomic mass is 19.4. The number of rotatable bonds is 7. The van der Waals surface area contributed by atoms with Crippen LogP contribution in [0, 0.1) is 0 Å². The van der Waals surface area contributed by atoms with Crippen molar-refractivity contribution in [3.8, 4) is 5.75 Å². The highest BCUT2D eigenvalue weighted by Crippen LogP contribution is 2.25. The molecule has 1 aromatic rings. The van der Waals surface area contributed by atoms with Crippen LogP contribution in [0.3, 0.4) is 0 Å². The fraction of sp³-hybridized carbons (Fsp3) is 0.619. The molecule has 1 aliphatic heterocycles. The minimum absolute atomic E-state index is 0.0168. The Morgan fingerprint density at radius 2 is 1.81 bits per heavy atom. The molecule has 1 N–H and O–H groups in total. The zero-order valence-electron chi connectivity index (χ0n) is 18.6. The van der Waals surface area contributed by atoms with Crippen molar-refractivity contribution < 1.29 is 22.7 Å². The minimum Gasteiger partial charge on any atom is -0.497 e. The average molecular weight is 444 g/mol. The first-order valence-corrected chi connectivity index (χ1v) is 10.3. The zero-order chi connectivity index (χ0) is 23.0. The van der Waals surface area contributed by atoms with E-state index < -0.39 is 12.2 Å². The Bertz CT molecular complexity index is 730. The average Bonchev–Trinajstić information content (AvgIpc) is 2.75. The van der Waals surface area contributed by atoms with Crippen molar-refractivity contribution in [3.05, 3.63) is 29.8 Å². The van der Waals surface area contributed by atoms with Crippen molar-refractivity contribution in [2.24, 2.45) is 4.99 Å². The number of amides is 1. The molecule has 0 aliphatic carbocycles. The van der Waals surface area contributed by atoms with E-state index in [0.717, 1.165) is 17.7 Å². The molecule has 2 rings (SSSR count). The third kappa shape index (κ3) is 7.61. The fourth-order valence-corrected chi connectivity index (χ4v) is 3.19. The molecule has 0 bridgehead atoms. The maximum absolute atomic E-state index is 13.0. The summed E-state index contributed by atoms with van der Waals surface area (Å²) in [5, 5.41) is 3.27. The lowest BCUT2D eigenvalue weighted by atomic mass is 10.1. The van der Waals surface area contributed by atoms with Gasteiger partial charge in [-0.1, -0.05) is 12.1 Å². The van der Waals surface area contributed by atoms with E-state index in [4.69, 9.17) is 4.74 Å². The Labute approximate surface area is 181 Å². The first kappa shape index (κ1) is 24.8. The van der Waals surface area contributed by atoms with Crippen molar-refractivity contribution in [2.75, 3.05) is 60.5 Å². The molecule has 1 unspecified atom stereocenters. The lowest BCUT2D eigenvalue weighted by Crippen LogP contribution is -2.57. The maximum Gasteiger partial charge on any atom is 0.403 e. The van der Waals surface area contributed by atoms with Gasteiger partial charge in [0.15, 0.2) is 5.96 Å². The molecule has 1 aromatic carbocycles. The van der Waals surface area contributed by atoms with Gasteiger partial charge in [0.2, 0.25) is 5.91 Å².